The van der Waals surface area contributed by atoms with Gasteiger partial charge in [0.05, 0.1) is 12.8 Å². The van der Waals surface area contributed by atoms with E-state index in [1.54, 1.807) is 43.5 Å². The van der Waals surface area contributed by atoms with Gasteiger partial charge in [0.1, 0.15) is 17.3 Å². The molecule has 2 aromatic rings. The van der Waals surface area contributed by atoms with Gasteiger partial charge >= 0.3 is 0 Å². The van der Waals surface area contributed by atoms with Gasteiger partial charge in [-0.05, 0) is 48.9 Å². The second-order valence-electron chi connectivity index (χ2n) is 4.50. The Morgan fingerprint density at radius 3 is 2.48 bits per heavy atom. The Bertz CT molecular complexity index is 626. The highest BCUT2D eigenvalue weighted by molar-refractivity contribution is 5.92. The first-order valence-corrected chi connectivity index (χ1v) is 6.41. The number of nitrogens with one attached hydrogen (secondary N) is 1. The average molecular weight is 289 g/mol. The van der Waals surface area contributed by atoms with Crippen LogP contribution in [0.1, 0.15) is 5.56 Å². The number of halogens is 1. The topological polar surface area (TPSA) is 47.6 Å². The molecule has 0 spiro atoms. The number of hydrogen-bond donors (Lipinski definition) is 1. The predicted molar refractivity (Wildman–Crippen MR) is 78.3 cm³/mol. The number of carbonyl (C=O) groups excluding carboxylic acids is 1. The fourth-order valence-electron chi connectivity index (χ4n) is 1.74. The molecule has 0 bridgehead atoms. The molecule has 1 amide bonds. The molecule has 110 valence electrons. The van der Waals surface area contributed by atoms with Crippen molar-refractivity contribution in [2.45, 2.75) is 6.92 Å². The van der Waals surface area contributed by atoms with Gasteiger partial charge in [-0.15, -0.1) is 0 Å². The quantitative estimate of drug-likeness (QED) is 0.919. The van der Waals surface area contributed by atoms with Crippen LogP contribution in [0.2, 0.25) is 0 Å². The van der Waals surface area contributed by atoms with Gasteiger partial charge in [-0.25, -0.2) is 4.39 Å². The number of rotatable bonds is 5. The highest BCUT2D eigenvalue weighted by Gasteiger charge is 2.08. The van der Waals surface area contributed by atoms with Gasteiger partial charge in [-0.2, -0.15) is 0 Å². The summed E-state index contributed by atoms with van der Waals surface area (Å²) in [7, 11) is 1.57. The summed E-state index contributed by atoms with van der Waals surface area (Å²) in [5, 5.41) is 2.48. The molecule has 0 saturated heterocycles. The molecule has 0 atom stereocenters. The van der Waals surface area contributed by atoms with Gasteiger partial charge in [0, 0.05) is 0 Å². The minimum Gasteiger partial charge on any atom is -0.497 e. The third-order valence-corrected chi connectivity index (χ3v) is 2.83. The number of hydrogen-bond acceptors (Lipinski definition) is 3. The molecular formula is C16H16FNO3. The third kappa shape index (κ3) is 4.21. The van der Waals surface area contributed by atoms with Crippen LogP contribution in [0.25, 0.3) is 0 Å². The first-order valence-electron chi connectivity index (χ1n) is 6.41. The van der Waals surface area contributed by atoms with E-state index in [4.69, 9.17) is 9.47 Å². The van der Waals surface area contributed by atoms with Crippen LogP contribution in [0.5, 0.6) is 11.5 Å². The van der Waals surface area contributed by atoms with Gasteiger partial charge in [0.2, 0.25) is 0 Å². The Balaban J connectivity index is 1.91. The van der Waals surface area contributed by atoms with E-state index in [1.807, 2.05) is 6.92 Å². The maximum absolute atomic E-state index is 13.5. The lowest BCUT2D eigenvalue weighted by Crippen LogP contribution is -2.20. The van der Waals surface area contributed by atoms with E-state index in [1.165, 1.54) is 6.07 Å². The lowest BCUT2D eigenvalue weighted by molar-refractivity contribution is -0.118. The zero-order chi connectivity index (χ0) is 15.2. The van der Waals surface area contributed by atoms with E-state index in [9.17, 15) is 9.18 Å². The Hall–Kier alpha value is -2.56. The predicted octanol–water partition coefficient (Wildman–Crippen LogP) is 3.16. The van der Waals surface area contributed by atoms with Crippen molar-refractivity contribution in [2.75, 3.05) is 19.0 Å². The van der Waals surface area contributed by atoms with Crippen molar-refractivity contribution in [3.63, 3.8) is 0 Å². The van der Waals surface area contributed by atoms with Crippen molar-refractivity contribution in [2.24, 2.45) is 0 Å². The zero-order valence-electron chi connectivity index (χ0n) is 11.9. The average Bonchev–Trinajstić information content (AvgIpc) is 2.49. The van der Waals surface area contributed by atoms with E-state index in [-0.39, 0.29) is 12.3 Å². The number of anilines is 1. The Kier molecular flexibility index (Phi) is 4.77. The van der Waals surface area contributed by atoms with E-state index in [2.05, 4.69) is 5.32 Å². The highest BCUT2D eigenvalue weighted by Crippen LogP contribution is 2.18. The number of ether oxygens (including phenoxy) is 2. The van der Waals surface area contributed by atoms with Crippen LogP contribution in [-0.4, -0.2) is 19.6 Å². The standard InChI is InChI=1S/C16H16FNO3/c1-11-3-8-14(17)15(9-11)18-16(19)10-21-13-6-4-12(20-2)5-7-13/h3-9H,10H2,1-2H3,(H,18,19). The van der Waals surface area contributed by atoms with Crippen LogP contribution in [0.3, 0.4) is 0 Å². The van der Waals surface area contributed by atoms with Crippen molar-refractivity contribution in [1.29, 1.82) is 0 Å². The fourth-order valence-corrected chi connectivity index (χ4v) is 1.74. The first-order chi connectivity index (χ1) is 10.1. The van der Waals surface area contributed by atoms with Crippen LogP contribution < -0.4 is 14.8 Å². The molecule has 4 nitrogen and oxygen atoms in total. The molecule has 0 saturated carbocycles. The third-order valence-electron chi connectivity index (χ3n) is 2.83. The van der Waals surface area contributed by atoms with Crippen LogP contribution in [0.4, 0.5) is 10.1 Å². The molecule has 0 aromatic heterocycles. The smallest absolute Gasteiger partial charge is 0.262 e. The molecule has 0 radical (unpaired) electrons. The Labute approximate surface area is 122 Å². The van der Waals surface area contributed by atoms with E-state index >= 15 is 0 Å². The van der Waals surface area contributed by atoms with Crippen LogP contribution in [0, 0.1) is 12.7 Å². The minimum atomic E-state index is -0.474. The Morgan fingerprint density at radius 2 is 1.81 bits per heavy atom. The second kappa shape index (κ2) is 6.74. The van der Waals surface area contributed by atoms with Gasteiger partial charge in [0.15, 0.2) is 6.61 Å². The van der Waals surface area contributed by atoms with Gasteiger partial charge in [-0.3, -0.25) is 4.79 Å². The molecule has 0 aliphatic carbocycles. The first kappa shape index (κ1) is 14.8. The van der Waals surface area contributed by atoms with Crippen LogP contribution in [0.15, 0.2) is 42.5 Å². The molecule has 0 heterocycles. The van der Waals surface area contributed by atoms with Crippen molar-refractivity contribution < 1.29 is 18.7 Å². The largest absolute Gasteiger partial charge is 0.497 e. The molecule has 0 aliphatic heterocycles. The molecule has 2 aromatic carbocycles. The van der Waals surface area contributed by atoms with Crippen LogP contribution in [-0.2, 0) is 4.79 Å². The van der Waals surface area contributed by atoms with E-state index < -0.39 is 11.7 Å². The van der Waals surface area contributed by atoms with Crippen molar-refractivity contribution >= 4 is 11.6 Å². The lowest BCUT2D eigenvalue weighted by Gasteiger charge is -2.09. The summed E-state index contributed by atoms with van der Waals surface area (Å²) >= 11 is 0. The molecule has 1 N–H and O–H groups in total. The zero-order valence-corrected chi connectivity index (χ0v) is 11.9. The summed E-state index contributed by atoms with van der Waals surface area (Å²) in [6, 6.07) is 11.4. The van der Waals surface area contributed by atoms with E-state index in [0.29, 0.717) is 11.5 Å². The molecular weight excluding hydrogens is 273 g/mol. The Morgan fingerprint density at radius 1 is 1.14 bits per heavy atom. The fraction of sp³-hybridized carbons (Fsp3) is 0.188. The second-order valence-corrected chi connectivity index (χ2v) is 4.50. The normalized spacial score (nSPS) is 10.0. The molecule has 0 fully saturated rings. The van der Waals surface area contributed by atoms with Crippen molar-refractivity contribution in [3.8, 4) is 11.5 Å². The van der Waals surface area contributed by atoms with Gasteiger partial charge in [0.25, 0.3) is 5.91 Å². The molecule has 5 heteroatoms. The molecule has 0 unspecified atom stereocenters. The molecule has 0 aliphatic rings. The van der Waals surface area contributed by atoms with Gasteiger partial charge < -0.3 is 14.8 Å². The van der Waals surface area contributed by atoms with Crippen LogP contribution >= 0.6 is 0 Å². The number of aryl methyl sites for hydroxylation is 1. The monoisotopic (exact) mass is 289 g/mol. The van der Waals surface area contributed by atoms with Crippen molar-refractivity contribution in [1.82, 2.24) is 0 Å². The number of benzene rings is 2. The number of carbonyl (C=O) groups is 1. The SMILES string of the molecule is COc1ccc(OCC(=O)Nc2cc(C)ccc2F)cc1. The molecule has 21 heavy (non-hydrogen) atoms. The minimum absolute atomic E-state index is 0.151. The maximum Gasteiger partial charge on any atom is 0.262 e. The summed E-state index contributed by atoms with van der Waals surface area (Å²) in [5.74, 6) is 0.345. The van der Waals surface area contributed by atoms with E-state index in [0.717, 1.165) is 5.56 Å². The molecule has 2 rings (SSSR count). The highest BCUT2D eigenvalue weighted by atomic mass is 19.1. The summed E-state index contributed by atoms with van der Waals surface area (Å²) in [6.07, 6.45) is 0. The summed E-state index contributed by atoms with van der Waals surface area (Å²) in [6.45, 7) is 1.63. The summed E-state index contributed by atoms with van der Waals surface area (Å²) < 4.78 is 23.8. The summed E-state index contributed by atoms with van der Waals surface area (Å²) in [5.41, 5.74) is 1.01. The lowest BCUT2D eigenvalue weighted by atomic mass is 10.2. The number of methoxy groups -OCH3 is 1. The number of amides is 1. The van der Waals surface area contributed by atoms with Crippen molar-refractivity contribution in [3.05, 3.63) is 53.8 Å². The summed E-state index contributed by atoms with van der Waals surface area (Å²) in [4.78, 5) is 11.7. The van der Waals surface area contributed by atoms with Gasteiger partial charge in [-0.1, -0.05) is 6.07 Å². The maximum atomic E-state index is 13.5.